The fraction of sp³-hybridized carbons (Fsp3) is 0.571. The molecule has 0 radical (unpaired) electrons. The van der Waals surface area contributed by atoms with E-state index in [-0.39, 0.29) is 5.82 Å². The van der Waals surface area contributed by atoms with E-state index in [2.05, 4.69) is 10.2 Å². The average molecular weight is 234 g/mol. The molecule has 0 saturated carbocycles. The molecule has 0 spiro atoms. The van der Waals surface area contributed by atoms with Crippen LogP contribution >= 0.6 is 0 Å². The summed E-state index contributed by atoms with van der Waals surface area (Å²) in [6, 6.07) is 5.31. The standard InChI is InChI=1S/C14H19FN2/c15-12-3-4-13(11-5-6-16-10-11)14(9-12)17-7-1-2-8-17/h3-4,9,11,16H,1-2,5-8,10H2. The van der Waals surface area contributed by atoms with E-state index in [4.69, 9.17) is 0 Å². The quantitative estimate of drug-likeness (QED) is 0.846. The summed E-state index contributed by atoms with van der Waals surface area (Å²) < 4.78 is 13.4. The highest BCUT2D eigenvalue weighted by Gasteiger charge is 2.23. The van der Waals surface area contributed by atoms with E-state index in [1.807, 2.05) is 6.07 Å². The van der Waals surface area contributed by atoms with Crippen LogP contribution in [0.1, 0.15) is 30.7 Å². The molecule has 2 nitrogen and oxygen atoms in total. The number of nitrogens with zero attached hydrogens (tertiary/aromatic N) is 1. The molecule has 1 atom stereocenters. The Hall–Kier alpha value is -1.09. The lowest BCUT2D eigenvalue weighted by Crippen LogP contribution is -2.21. The second-order valence-corrected chi connectivity index (χ2v) is 5.09. The lowest BCUT2D eigenvalue weighted by Gasteiger charge is -2.24. The summed E-state index contributed by atoms with van der Waals surface area (Å²) in [6.45, 7) is 4.28. The van der Waals surface area contributed by atoms with Crippen molar-refractivity contribution in [3.63, 3.8) is 0 Å². The number of nitrogens with one attached hydrogen (secondary N) is 1. The van der Waals surface area contributed by atoms with Gasteiger partial charge in [-0.05, 0) is 49.4 Å². The Bertz CT molecular complexity index is 393. The van der Waals surface area contributed by atoms with E-state index in [9.17, 15) is 4.39 Å². The van der Waals surface area contributed by atoms with Gasteiger partial charge in [0.05, 0.1) is 0 Å². The molecule has 1 aromatic carbocycles. The Morgan fingerprint density at radius 2 is 2.06 bits per heavy atom. The van der Waals surface area contributed by atoms with Gasteiger partial charge < -0.3 is 10.2 Å². The van der Waals surface area contributed by atoms with Crippen molar-refractivity contribution in [1.29, 1.82) is 0 Å². The molecule has 0 bridgehead atoms. The van der Waals surface area contributed by atoms with Gasteiger partial charge >= 0.3 is 0 Å². The van der Waals surface area contributed by atoms with E-state index in [0.717, 1.165) is 31.9 Å². The average Bonchev–Trinajstić information content (AvgIpc) is 3.02. The van der Waals surface area contributed by atoms with Crippen LogP contribution in [-0.2, 0) is 0 Å². The normalized spacial score (nSPS) is 24.5. The highest BCUT2D eigenvalue weighted by Crippen LogP contribution is 2.33. The first kappa shape index (κ1) is 11.0. The van der Waals surface area contributed by atoms with Crippen molar-refractivity contribution in [2.75, 3.05) is 31.1 Å². The third kappa shape index (κ3) is 2.16. The van der Waals surface area contributed by atoms with Gasteiger partial charge in [-0.1, -0.05) is 6.07 Å². The van der Waals surface area contributed by atoms with Gasteiger partial charge in [0, 0.05) is 25.3 Å². The van der Waals surface area contributed by atoms with Gasteiger partial charge in [-0.2, -0.15) is 0 Å². The summed E-state index contributed by atoms with van der Waals surface area (Å²) in [7, 11) is 0. The topological polar surface area (TPSA) is 15.3 Å². The maximum Gasteiger partial charge on any atom is 0.125 e. The number of halogens is 1. The van der Waals surface area contributed by atoms with Gasteiger partial charge in [-0.15, -0.1) is 0 Å². The van der Waals surface area contributed by atoms with Gasteiger partial charge in [0.15, 0.2) is 0 Å². The summed E-state index contributed by atoms with van der Waals surface area (Å²) in [5, 5.41) is 3.39. The number of benzene rings is 1. The zero-order chi connectivity index (χ0) is 11.7. The molecule has 3 heteroatoms. The van der Waals surface area contributed by atoms with Gasteiger partial charge in [0.2, 0.25) is 0 Å². The van der Waals surface area contributed by atoms with Crippen LogP contribution in [0.4, 0.5) is 10.1 Å². The molecule has 0 amide bonds. The van der Waals surface area contributed by atoms with E-state index in [1.54, 1.807) is 12.1 Å². The van der Waals surface area contributed by atoms with E-state index >= 15 is 0 Å². The minimum absolute atomic E-state index is 0.110. The minimum atomic E-state index is -0.110. The summed E-state index contributed by atoms with van der Waals surface area (Å²) >= 11 is 0. The summed E-state index contributed by atoms with van der Waals surface area (Å²) in [6.07, 6.45) is 3.64. The van der Waals surface area contributed by atoms with E-state index in [1.165, 1.54) is 24.8 Å². The molecule has 92 valence electrons. The predicted octanol–water partition coefficient (Wildman–Crippen LogP) is 2.50. The Kier molecular flexibility index (Phi) is 3.02. The Balaban J connectivity index is 1.94. The number of rotatable bonds is 2. The molecule has 2 aliphatic heterocycles. The first-order valence-corrected chi connectivity index (χ1v) is 6.60. The smallest absolute Gasteiger partial charge is 0.125 e. The van der Waals surface area contributed by atoms with Crippen molar-refractivity contribution in [2.24, 2.45) is 0 Å². The maximum absolute atomic E-state index is 13.4. The maximum atomic E-state index is 13.4. The molecular formula is C14H19FN2. The molecule has 2 aliphatic rings. The molecule has 2 saturated heterocycles. The molecular weight excluding hydrogens is 215 g/mol. The zero-order valence-electron chi connectivity index (χ0n) is 10.1. The molecule has 0 aromatic heterocycles. The van der Waals surface area contributed by atoms with Crippen LogP contribution in [0.2, 0.25) is 0 Å². The van der Waals surface area contributed by atoms with Crippen molar-refractivity contribution in [3.05, 3.63) is 29.6 Å². The Morgan fingerprint density at radius 1 is 1.24 bits per heavy atom. The second kappa shape index (κ2) is 4.65. The minimum Gasteiger partial charge on any atom is -0.371 e. The van der Waals surface area contributed by atoms with Crippen molar-refractivity contribution in [2.45, 2.75) is 25.2 Å². The second-order valence-electron chi connectivity index (χ2n) is 5.09. The summed E-state index contributed by atoms with van der Waals surface area (Å²) in [5.74, 6) is 0.452. The molecule has 3 rings (SSSR count). The molecule has 1 unspecified atom stereocenters. The van der Waals surface area contributed by atoms with Crippen LogP contribution in [0, 0.1) is 5.82 Å². The lowest BCUT2D eigenvalue weighted by molar-refractivity contribution is 0.624. The van der Waals surface area contributed by atoms with Crippen LogP contribution < -0.4 is 10.2 Å². The first-order valence-electron chi connectivity index (χ1n) is 6.60. The fourth-order valence-electron chi connectivity index (χ4n) is 3.01. The van der Waals surface area contributed by atoms with Crippen molar-refractivity contribution in [3.8, 4) is 0 Å². The molecule has 2 fully saturated rings. The monoisotopic (exact) mass is 234 g/mol. The molecule has 17 heavy (non-hydrogen) atoms. The highest BCUT2D eigenvalue weighted by atomic mass is 19.1. The lowest BCUT2D eigenvalue weighted by atomic mass is 9.96. The van der Waals surface area contributed by atoms with Crippen molar-refractivity contribution < 1.29 is 4.39 Å². The summed E-state index contributed by atoms with van der Waals surface area (Å²) in [5.41, 5.74) is 2.47. The third-order valence-electron chi connectivity index (χ3n) is 3.94. The zero-order valence-corrected chi connectivity index (χ0v) is 10.1. The van der Waals surface area contributed by atoms with Crippen molar-refractivity contribution >= 4 is 5.69 Å². The Morgan fingerprint density at radius 3 is 2.76 bits per heavy atom. The number of hydrogen-bond donors (Lipinski definition) is 1. The number of anilines is 1. The van der Waals surface area contributed by atoms with Crippen LogP contribution in [0.25, 0.3) is 0 Å². The van der Waals surface area contributed by atoms with Crippen LogP contribution in [-0.4, -0.2) is 26.2 Å². The summed E-state index contributed by atoms with van der Waals surface area (Å²) in [4.78, 5) is 2.34. The van der Waals surface area contributed by atoms with Crippen LogP contribution in [0.3, 0.4) is 0 Å². The van der Waals surface area contributed by atoms with E-state index < -0.39 is 0 Å². The van der Waals surface area contributed by atoms with Gasteiger partial charge in [0.25, 0.3) is 0 Å². The fourth-order valence-corrected chi connectivity index (χ4v) is 3.01. The van der Waals surface area contributed by atoms with Gasteiger partial charge in [-0.25, -0.2) is 4.39 Å². The number of hydrogen-bond acceptors (Lipinski definition) is 2. The third-order valence-corrected chi connectivity index (χ3v) is 3.94. The largest absolute Gasteiger partial charge is 0.371 e. The van der Waals surface area contributed by atoms with Crippen LogP contribution in [0.5, 0.6) is 0 Å². The van der Waals surface area contributed by atoms with Gasteiger partial charge in [0.1, 0.15) is 5.82 Å². The van der Waals surface area contributed by atoms with Crippen molar-refractivity contribution in [1.82, 2.24) is 5.32 Å². The molecule has 0 aliphatic carbocycles. The first-order chi connectivity index (χ1) is 8.34. The SMILES string of the molecule is Fc1ccc(C2CCNC2)c(N2CCCC2)c1. The molecule has 1 aromatic rings. The molecule has 1 N–H and O–H groups in total. The van der Waals surface area contributed by atoms with E-state index in [0.29, 0.717) is 5.92 Å². The van der Waals surface area contributed by atoms with Gasteiger partial charge in [-0.3, -0.25) is 0 Å². The van der Waals surface area contributed by atoms with Crippen LogP contribution in [0.15, 0.2) is 18.2 Å². The highest BCUT2D eigenvalue weighted by molar-refractivity contribution is 5.56. The Labute approximate surface area is 102 Å². The molecule has 2 heterocycles. The predicted molar refractivity (Wildman–Crippen MR) is 68.1 cm³/mol.